The van der Waals surface area contributed by atoms with Gasteiger partial charge in [-0.1, -0.05) is 36.0 Å². The van der Waals surface area contributed by atoms with Crippen molar-refractivity contribution in [3.05, 3.63) is 51.6 Å². The summed E-state index contributed by atoms with van der Waals surface area (Å²) in [5, 5.41) is 3.91. The van der Waals surface area contributed by atoms with E-state index < -0.39 is 0 Å². The van der Waals surface area contributed by atoms with Gasteiger partial charge < -0.3 is 5.32 Å². The van der Waals surface area contributed by atoms with E-state index in [4.69, 9.17) is 23.8 Å². The highest BCUT2D eigenvalue weighted by Gasteiger charge is 2.21. The predicted molar refractivity (Wildman–Crippen MR) is 82.5 cm³/mol. The molecule has 3 rings (SSSR count). The fourth-order valence-corrected chi connectivity index (χ4v) is 3.30. The molecule has 0 saturated carbocycles. The van der Waals surface area contributed by atoms with Gasteiger partial charge in [0.1, 0.15) is 15.8 Å². The molecule has 0 amide bonds. The third-order valence-corrected chi connectivity index (χ3v) is 4.13. The molecule has 6 heteroatoms. The molecule has 0 unspecified atom stereocenters. The summed E-state index contributed by atoms with van der Waals surface area (Å²) in [5.41, 5.74) is 1.84. The molecular formula is C13H8ClFN2S2. The van der Waals surface area contributed by atoms with E-state index in [0.717, 1.165) is 10.6 Å². The fourth-order valence-electron chi connectivity index (χ4n) is 1.92. The topological polar surface area (TPSA) is 24.4 Å². The Balaban J connectivity index is 2.20. The Labute approximate surface area is 123 Å². The van der Waals surface area contributed by atoms with Crippen molar-refractivity contribution < 1.29 is 4.39 Å². The van der Waals surface area contributed by atoms with E-state index in [0.29, 0.717) is 27.1 Å². The van der Waals surface area contributed by atoms with E-state index in [1.807, 2.05) is 0 Å². The van der Waals surface area contributed by atoms with Gasteiger partial charge in [0.25, 0.3) is 0 Å². The van der Waals surface area contributed by atoms with Gasteiger partial charge in [-0.3, -0.25) is 4.99 Å². The average molecular weight is 311 g/mol. The Kier molecular flexibility index (Phi) is 3.35. The lowest BCUT2D eigenvalue weighted by Crippen LogP contribution is -2.09. The highest BCUT2D eigenvalue weighted by molar-refractivity contribution is 7.80. The number of fused-ring (bicyclic) bond motifs is 1. The van der Waals surface area contributed by atoms with Gasteiger partial charge in [-0.05, 0) is 18.2 Å². The van der Waals surface area contributed by atoms with Crippen LogP contribution in [0.3, 0.4) is 0 Å². The SMILES string of the molecule is Fc1ccccc1C1=NCC(=S)Nc2sc(Cl)cc21. The number of aliphatic imine (C=N–C) groups is 1. The molecule has 0 radical (unpaired) electrons. The second-order valence-corrected chi connectivity index (χ2v) is 6.16. The summed E-state index contributed by atoms with van der Waals surface area (Å²) in [6.07, 6.45) is 0. The zero-order chi connectivity index (χ0) is 13.4. The van der Waals surface area contributed by atoms with Crippen LogP contribution in [-0.2, 0) is 0 Å². The molecule has 0 saturated heterocycles. The summed E-state index contributed by atoms with van der Waals surface area (Å²) in [6, 6.07) is 8.35. The normalized spacial score (nSPS) is 14.4. The lowest BCUT2D eigenvalue weighted by atomic mass is 10.0. The molecule has 1 aliphatic rings. The van der Waals surface area contributed by atoms with Gasteiger partial charge in [0.05, 0.1) is 16.6 Å². The summed E-state index contributed by atoms with van der Waals surface area (Å²) in [7, 11) is 0. The van der Waals surface area contributed by atoms with Crippen LogP contribution in [0, 0.1) is 5.82 Å². The zero-order valence-electron chi connectivity index (χ0n) is 9.61. The number of thiophene rings is 1. The molecule has 0 spiro atoms. The lowest BCUT2D eigenvalue weighted by molar-refractivity contribution is 0.625. The summed E-state index contributed by atoms with van der Waals surface area (Å²) in [5.74, 6) is -0.303. The minimum absolute atomic E-state index is 0.303. The molecule has 96 valence electrons. The fraction of sp³-hybridized carbons (Fsp3) is 0.0769. The Hall–Kier alpha value is -1.30. The molecule has 0 atom stereocenters. The Morgan fingerprint density at radius 2 is 2.11 bits per heavy atom. The Morgan fingerprint density at radius 3 is 2.89 bits per heavy atom. The van der Waals surface area contributed by atoms with Crippen LogP contribution in [0.15, 0.2) is 35.3 Å². The highest BCUT2D eigenvalue weighted by atomic mass is 35.5. The monoisotopic (exact) mass is 310 g/mol. The number of halogens is 2. The summed E-state index contributed by atoms with van der Waals surface area (Å²) >= 11 is 12.6. The number of anilines is 1. The van der Waals surface area contributed by atoms with Gasteiger partial charge in [0, 0.05) is 11.1 Å². The van der Waals surface area contributed by atoms with Gasteiger partial charge in [-0.25, -0.2) is 4.39 Å². The van der Waals surface area contributed by atoms with Crippen molar-refractivity contribution in [2.45, 2.75) is 0 Å². The molecule has 1 N–H and O–H groups in total. The maximum absolute atomic E-state index is 13.9. The largest absolute Gasteiger partial charge is 0.340 e. The minimum Gasteiger partial charge on any atom is -0.340 e. The van der Waals surface area contributed by atoms with Gasteiger partial charge in [-0.15, -0.1) is 11.3 Å². The summed E-state index contributed by atoms with van der Waals surface area (Å²) < 4.78 is 14.6. The average Bonchev–Trinajstić information content (AvgIpc) is 2.65. The first-order chi connectivity index (χ1) is 9.15. The van der Waals surface area contributed by atoms with E-state index in [9.17, 15) is 4.39 Å². The standard InChI is InChI=1S/C13H8ClFN2S2/c14-10-5-8-12(7-3-1-2-4-9(7)15)16-6-11(18)17-13(8)19-10/h1-5H,6H2,(H,17,18). The maximum atomic E-state index is 13.9. The van der Waals surface area contributed by atoms with Crippen molar-refractivity contribution >= 4 is 50.9 Å². The Morgan fingerprint density at radius 1 is 1.32 bits per heavy atom. The second kappa shape index (κ2) is 5.00. The van der Waals surface area contributed by atoms with Crippen LogP contribution in [-0.4, -0.2) is 17.2 Å². The van der Waals surface area contributed by atoms with Gasteiger partial charge >= 0.3 is 0 Å². The lowest BCUT2D eigenvalue weighted by Gasteiger charge is -2.06. The molecule has 0 bridgehead atoms. The first-order valence-electron chi connectivity index (χ1n) is 5.54. The number of rotatable bonds is 1. The smallest absolute Gasteiger partial charge is 0.132 e. The van der Waals surface area contributed by atoms with Crippen molar-refractivity contribution in [1.29, 1.82) is 0 Å². The Bertz CT molecular complexity index is 694. The maximum Gasteiger partial charge on any atom is 0.132 e. The van der Waals surface area contributed by atoms with Crippen LogP contribution < -0.4 is 5.32 Å². The van der Waals surface area contributed by atoms with Crippen LogP contribution in [0.2, 0.25) is 4.34 Å². The van der Waals surface area contributed by atoms with Gasteiger partial charge in [-0.2, -0.15) is 0 Å². The van der Waals surface area contributed by atoms with Crippen molar-refractivity contribution in [3.63, 3.8) is 0 Å². The van der Waals surface area contributed by atoms with Crippen molar-refractivity contribution in [3.8, 4) is 0 Å². The minimum atomic E-state index is -0.303. The van der Waals surface area contributed by atoms with Crippen LogP contribution in [0.1, 0.15) is 11.1 Å². The van der Waals surface area contributed by atoms with E-state index in [2.05, 4.69) is 10.3 Å². The van der Waals surface area contributed by atoms with Crippen LogP contribution in [0.4, 0.5) is 9.39 Å². The molecule has 0 aliphatic carbocycles. The molecule has 2 heterocycles. The van der Waals surface area contributed by atoms with Crippen LogP contribution in [0.25, 0.3) is 0 Å². The quantitative estimate of drug-likeness (QED) is 0.801. The zero-order valence-corrected chi connectivity index (χ0v) is 12.0. The molecular weight excluding hydrogens is 303 g/mol. The van der Waals surface area contributed by atoms with E-state index in [1.165, 1.54) is 17.4 Å². The summed E-state index contributed by atoms with van der Waals surface area (Å²) in [6.45, 7) is 0.345. The van der Waals surface area contributed by atoms with Crippen LogP contribution in [0.5, 0.6) is 0 Å². The van der Waals surface area contributed by atoms with Crippen molar-refractivity contribution in [2.24, 2.45) is 4.99 Å². The second-order valence-electron chi connectivity index (χ2n) is 3.99. The first-order valence-corrected chi connectivity index (χ1v) is 7.14. The molecule has 2 aromatic rings. The number of thiocarbonyl (C=S) groups is 1. The number of hydrogen-bond donors (Lipinski definition) is 1. The van der Waals surface area contributed by atoms with E-state index in [-0.39, 0.29) is 5.82 Å². The molecule has 2 nitrogen and oxygen atoms in total. The molecule has 0 fully saturated rings. The highest BCUT2D eigenvalue weighted by Crippen LogP contribution is 2.35. The molecule has 1 aromatic heterocycles. The number of hydrogen-bond acceptors (Lipinski definition) is 3. The first kappa shape index (κ1) is 12.7. The number of nitrogens with one attached hydrogen (secondary N) is 1. The van der Waals surface area contributed by atoms with E-state index in [1.54, 1.807) is 24.3 Å². The van der Waals surface area contributed by atoms with Crippen molar-refractivity contribution in [1.82, 2.24) is 0 Å². The third kappa shape index (κ3) is 2.41. The molecule has 1 aliphatic heterocycles. The molecule has 1 aromatic carbocycles. The summed E-state index contributed by atoms with van der Waals surface area (Å²) in [4.78, 5) is 5.01. The van der Waals surface area contributed by atoms with Crippen LogP contribution >= 0.6 is 35.2 Å². The predicted octanol–water partition coefficient (Wildman–Crippen LogP) is 4.13. The van der Waals surface area contributed by atoms with Gasteiger partial charge in [0.2, 0.25) is 0 Å². The third-order valence-electron chi connectivity index (χ3n) is 2.72. The van der Waals surface area contributed by atoms with E-state index >= 15 is 0 Å². The van der Waals surface area contributed by atoms with Crippen molar-refractivity contribution in [2.75, 3.05) is 11.9 Å². The number of benzene rings is 1. The van der Waals surface area contributed by atoms with Gasteiger partial charge in [0.15, 0.2) is 0 Å². The number of nitrogens with zero attached hydrogens (tertiary/aromatic N) is 1. The molecule has 19 heavy (non-hydrogen) atoms.